The molecule has 0 saturated carbocycles. The quantitative estimate of drug-likeness (QED) is 0.642. The van der Waals surface area contributed by atoms with Crippen molar-refractivity contribution >= 4 is 5.97 Å². The van der Waals surface area contributed by atoms with Crippen molar-refractivity contribution in [1.82, 2.24) is 10.3 Å². The minimum Gasteiger partial charge on any atom is -0.480 e. The number of nitrogens with zero attached hydrogens (tertiary/aromatic N) is 1. The maximum atomic E-state index is 10.5. The molecule has 0 aliphatic rings. The zero-order valence-electron chi connectivity index (χ0n) is 8.55. The fourth-order valence-corrected chi connectivity index (χ4v) is 1.14. The molecule has 1 rings (SSSR count). The lowest BCUT2D eigenvalue weighted by Crippen LogP contribution is -2.41. The second-order valence-electron chi connectivity index (χ2n) is 3.36. The molecule has 2 atom stereocenters. The van der Waals surface area contributed by atoms with Crippen LogP contribution in [-0.2, 0) is 4.79 Å². The first-order valence-corrected chi connectivity index (χ1v) is 4.73. The summed E-state index contributed by atoms with van der Waals surface area (Å²) in [5.41, 5.74) is 6.37. The van der Waals surface area contributed by atoms with Crippen molar-refractivity contribution in [3.63, 3.8) is 0 Å². The Bertz CT molecular complexity index is 316. The van der Waals surface area contributed by atoms with E-state index in [-0.39, 0.29) is 12.6 Å². The van der Waals surface area contributed by atoms with Crippen LogP contribution in [0.4, 0.5) is 0 Å². The molecule has 5 heteroatoms. The second-order valence-corrected chi connectivity index (χ2v) is 3.36. The van der Waals surface area contributed by atoms with Crippen molar-refractivity contribution in [3.8, 4) is 0 Å². The zero-order valence-corrected chi connectivity index (χ0v) is 8.55. The van der Waals surface area contributed by atoms with Crippen molar-refractivity contribution in [3.05, 3.63) is 30.1 Å². The summed E-state index contributed by atoms with van der Waals surface area (Å²) in [4.78, 5) is 14.5. The van der Waals surface area contributed by atoms with Crippen molar-refractivity contribution in [1.29, 1.82) is 0 Å². The Hall–Kier alpha value is -1.46. The molecular formula is C10H15N3O2. The first-order valence-electron chi connectivity index (χ1n) is 4.73. The van der Waals surface area contributed by atoms with E-state index in [1.165, 1.54) is 0 Å². The molecule has 0 fully saturated rings. The molecule has 0 radical (unpaired) electrons. The molecule has 0 aliphatic carbocycles. The standard InChI is InChI=1S/C10H15N3O2/c1-7(8-3-2-4-12-5-8)13-6-9(11)10(14)15/h2-5,7,9,13H,6,11H2,1H3,(H,14,15)/t7-,9?/m0/s1. The summed E-state index contributed by atoms with van der Waals surface area (Å²) >= 11 is 0. The maximum absolute atomic E-state index is 10.5. The Morgan fingerprint density at radius 1 is 1.73 bits per heavy atom. The van der Waals surface area contributed by atoms with Crippen LogP contribution in [0.5, 0.6) is 0 Å². The molecule has 0 bridgehead atoms. The van der Waals surface area contributed by atoms with Gasteiger partial charge in [0.25, 0.3) is 0 Å². The first kappa shape index (κ1) is 11.6. The molecule has 82 valence electrons. The van der Waals surface area contributed by atoms with Crippen molar-refractivity contribution in [2.24, 2.45) is 5.73 Å². The number of carboxylic acids is 1. The fourth-order valence-electron chi connectivity index (χ4n) is 1.14. The number of nitrogens with two attached hydrogens (primary N) is 1. The van der Waals surface area contributed by atoms with Crippen molar-refractivity contribution in [2.45, 2.75) is 19.0 Å². The number of carbonyl (C=O) groups is 1. The molecule has 5 nitrogen and oxygen atoms in total. The van der Waals surface area contributed by atoms with Crippen LogP contribution in [0.1, 0.15) is 18.5 Å². The number of hydrogen-bond donors (Lipinski definition) is 3. The third-order valence-electron chi connectivity index (χ3n) is 2.15. The number of nitrogens with one attached hydrogen (secondary N) is 1. The molecule has 0 amide bonds. The van der Waals surface area contributed by atoms with Crippen LogP contribution >= 0.6 is 0 Å². The van der Waals surface area contributed by atoms with Crippen LogP contribution in [0.15, 0.2) is 24.5 Å². The van der Waals surface area contributed by atoms with E-state index in [2.05, 4.69) is 10.3 Å². The molecular weight excluding hydrogens is 194 g/mol. The Kier molecular flexibility index (Phi) is 4.20. The number of rotatable bonds is 5. The predicted octanol–water partition coefficient (Wildman–Crippen LogP) is 0.144. The number of hydrogen-bond acceptors (Lipinski definition) is 4. The van der Waals surface area contributed by atoms with Gasteiger partial charge in [0.05, 0.1) is 0 Å². The Balaban J connectivity index is 2.43. The van der Waals surface area contributed by atoms with E-state index in [0.29, 0.717) is 0 Å². The molecule has 0 aliphatic heterocycles. The molecule has 15 heavy (non-hydrogen) atoms. The monoisotopic (exact) mass is 209 g/mol. The highest BCUT2D eigenvalue weighted by molar-refractivity contribution is 5.73. The normalized spacial score (nSPS) is 14.5. The Labute approximate surface area is 88.3 Å². The maximum Gasteiger partial charge on any atom is 0.321 e. The molecule has 0 spiro atoms. The summed E-state index contributed by atoms with van der Waals surface area (Å²) in [6, 6.07) is 2.94. The van der Waals surface area contributed by atoms with Gasteiger partial charge >= 0.3 is 5.97 Å². The summed E-state index contributed by atoms with van der Waals surface area (Å²) in [5, 5.41) is 11.6. The summed E-state index contributed by atoms with van der Waals surface area (Å²) in [6.45, 7) is 2.18. The summed E-state index contributed by atoms with van der Waals surface area (Å²) in [7, 11) is 0. The SMILES string of the molecule is C[C@H](NCC(N)C(=O)O)c1cccnc1. The third kappa shape index (κ3) is 3.65. The first-order chi connectivity index (χ1) is 7.11. The van der Waals surface area contributed by atoms with E-state index in [1.54, 1.807) is 12.4 Å². The molecule has 0 saturated heterocycles. The van der Waals surface area contributed by atoms with E-state index in [0.717, 1.165) is 5.56 Å². The van der Waals surface area contributed by atoms with Crippen molar-refractivity contribution < 1.29 is 9.90 Å². The smallest absolute Gasteiger partial charge is 0.321 e. The van der Waals surface area contributed by atoms with E-state index in [4.69, 9.17) is 10.8 Å². The topological polar surface area (TPSA) is 88.2 Å². The van der Waals surface area contributed by atoms with Gasteiger partial charge in [-0.25, -0.2) is 0 Å². The van der Waals surface area contributed by atoms with Crippen LogP contribution in [0, 0.1) is 0 Å². The minimum atomic E-state index is -0.999. The van der Waals surface area contributed by atoms with Gasteiger partial charge in [0.2, 0.25) is 0 Å². The predicted molar refractivity (Wildman–Crippen MR) is 56.3 cm³/mol. The van der Waals surface area contributed by atoms with Gasteiger partial charge < -0.3 is 16.2 Å². The van der Waals surface area contributed by atoms with E-state index in [1.807, 2.05) is 19.1 Å². The zero-order chi connectivity index (χ0) is 11.3. The molecule has 1 aromatic rings. The summed E-state index contributed by atoms with van der Waals surface area (Å²) < 4.78 is 0. The van der Waals surface area contributed by atoms with E-state index >= 15 is 0 Å². The number of pyridine rings is 1. The fraction of sp³-hybridized carbons (Fsp3) is 0.400. The minimum absolute atomic E-state index is 0.0455. The summed E-state index contributed by atoms with van der Waals surface area (Å²) in [6.07, 6.45) is 3.43. The van der Waals surface area contributed by atoms with Crippen molar-refractivity contribution in [2.75, 3.05) is 6.54 Å². The van der Waals surface area contributed by atoms with E-state index < -0.39 is 12.0 Å². The van der Waals surface area contributed by atoms with Crippen LogP contribution in [0.3, 0.4) is 0 Å². The Morgan fingerprint density at radius 3 is 3.00 bits per heavy atom. The average Bonchev–Trinajstić information content (AvgIpc) is 2.26. The lowest BCUT2D eigenvalue weighted by molar-refractivity contribution is -0.138. The van der Waals surface area contributed by atoms with Gasteiger partial charge in [-0.05, 0) is 18.6 Å². The lowest BCUT2D eigenvalue weighted by atomic mass is 10.1. The van der Waals surface area contributed by atoms with Gasteiger partial charge in [-0.3, -0.25) is 9.78 Å². The largest absolute Gasteiger partial charge is 0.480 e. The number of aliphatic carboxylic acids is 1. The Morgan fingerprint density at radius 2 is 2.47 bits per heavy atom. The van der Waals surface area contributed by atoms with Crippen LogP contribution < -0.4 is 11.1 Å². The van der Waals surface area contributed by atoms with Gasteiger partial charge in [-0.1, -0.05) is 6.07 Å². The number of carboxylic acid groups (broad SMARTS) is 1. The highest BCUT2D eigenvalue weighted by atomic mass is 16.4. The van der Waals surface area contributed by atoms with Gasteiger partial charge in [0, 0.05) is 25.0 Å². The average molecular weight is 209 g/mol. The lowest BCUT2D eigenvalue weighted by Gasteiger charge is -2.15. The van der Waals surface area contributed by atoms with Gasteiger partial charge in [-0.15, -0.1) is 0 Å². The van der Waals surface area contributed by atoms with Crippen LogP contribution in [-0.4, -0.2) is 28.6 Å². The van der Waals surface area contributed by atoms with Gasteiger partial charge in [0.15, 0.2) is 0 Å². The second kappa shape index (κ2) is 5.43. The summed E-state index contributed by atoms with van der Waals surface area (Å²) in [5.74, 6) is -0.999. The highest BCUT2D eigenvalue weighted by Crippen LogP contribution is 2.08. The third-order valence-corrected chi connectivity index (χ3v) is 2.15. The van der Waals surface area contributed by atoms with Gasteiger partial charge in [-0.2, -0.15) is 0 Å². The van der Waals surface area contributed by atoms with Crippen LogP contribution in [0.25, 0.3) is 0 Å². The number of aromatic nitrogens is 1. The molecule has 1 unspecified atom stereocenters. The van der Waals surface area contributed by atoms with Crippen LogP contribution in [0.2, 0.25) is 0 Å². The molecule has 1 aromatic heterocycles. The molecule has 0 aromatic carbocycles. The van der Waals surface area contributed by atoms with Gasteiger partial charge in [0.1, 0.15) is 6.04 Å². The molecule has 4 N–H and O–H groups in total. The molecule has 1 heterocycles. The highest BCUT2D eigenvalue weighted by Gasteiger charge is 2.12. The van der Waals surface area contributed by atoms with E-state index in [9.17, 15) is 4.79 Å².